The molecule has 2 rings (SSSR count). The zero-order valence-electron chi connectivity index (χ0n) is 10.1. The SMILES string of the molecule is CCNC(Cc1ccccc1F)c1occc1Br. The molecule has 2 nitrogen and oxygen atoms in total. The molecule has 0 aliphatic rings. The summed E-state index contributed by atoms with van der Waals surface area (Å²) in [5, 5.41) is 3.31. The average Bonchev–Trinajstić information content (AvgIpc) is 2.78. The van der Waals surface area contributed by atoms with Crippen molar-refractivity contribution in [2.24, 2.45) is 0 Å². The molecule has 1 atom stereocenters. The van der Waals surface area contributed by atoms with Crippen LogP contribution >= 0.6 is 15.9 Å². The molecule has 18 heavy (non-hydrogen) atoms. The molecule has 96 valence electrons. The average molecular weight is 312 g/mol. The van der Waals surface area contributed by atoms with E-state index >= 15 is 0 Å². The highest BCUT2D eigenvalue weighted by Gasteiger charge is 2.18. The first-order valence-electron chi connectivity index (χ1n) is 5.92. The minimum Gasteiger partial charge on any atom is -0.466 e. The first-order valence-corrected chi connectivity index (χ1v) is 6.71. The van der Waals surface area contributed by atoms with Crippen LogP contribution in [-0.2, 0) is 6.42 Å². The van der Waals surface area contributed by atoms with Gasteiger partial charge in [-0.2, -0.15) is 0 Å². The zero-order valence-corrected chi connectivity index (χ0v) is 11.7. The van der Waals surface area contributed by atoms with Crippen LogP contribution in [0, 0.1) is 5.82 Å². The van der Waals surface area contributed by atoms with E-state index in [1.165, 1.54) is 6.07 Å². The molecule has 1 aromatic carbocycles. The summed E-state index contributed by atoms with van der Waals surface area (Å²) in [5.41, 5.74) is 0.687. The summed E-state index contributed by atoms with van der Waals surface area (Å²) in [5.74, 6) is 0.628. The summed E-state index contributed by atoms with van der Waals surface area (Å²) in [6.07, 6.45) is 2.19. The molecule has 0 bridgehead atoms. The van der Waals surface area contributed by atoms with Gasteiger partial charge in [-0.1, -0.05) is 25.1 Å². The van der Waals surface area contributed by atoms with E-state index in [1.807, 2.05) is 19.1 Å². The van der Waals surface area contributed by atoms with Crippen molar-refractivity contribution < 1.29 is 8.81 Å². The minimum absolute atomic E-state index is 0.0312. The number of likely N-dealkylation sites (N-methyl/N-ethyl adjacent to an activating group) is 1. The Bertz CT molecular complexity index is 512. The topological polar surface area (TPSA) is 25.2 Å². The third-order valence-corrected chi connectivity index (χ3v) is 3.45. The van der Waals surface area contributed by atoms with Crippen molar-refractivity contribution in [1.82, 2.24) is 5.32 Å². The van der Waals surface area contributed by atoms with Crippen LogP contribution in [-0.4, -0.2) is 6.54 Å². The van der Waals surface area contributed by atoms with Gasteiger partial charge in [-0.05, 0) is 46.6 Å². The van der Waals surface area contributed by atoms with E-state index in [9.17, 15) is 4.39 Å². The second-order valence-corrected chi connectivity index (χ2v) is 4.89. The van der Waals surface area contributed by atoms with Gasteiger partial charge in [-0.3, -0.25) is 0 Å². The van der Waals surface area contributed by atoms with Crippen LogP contribution in [0.2, 0.25) is 0 Å². The Kier molecular flexibility index (Phi) is 4.55. The van der Waals surface area contributed by atoms with Crippen molar-refractivity contribution in [2.75, 3.05) is 6.54 Å². The summed E-state index contributed by atoms with van der Waals surface area (Å²) in [6.45, 7) is 2.82. The molecule has 1 heterocycles. The fourth-order valence-electron chi connectivity index (χ4n) is 1.94. The lowest BCUT2D eigenvalue weighted by molar-refractivity contribution is 0.410. The molecule has 0 saturated carbocycles. The molecule has 4 heteroatoms. The first-order chi connectivity index (χ1) is 8.72. The highest BCUT2D eigenvalue weighted by Crippen LogP contribution is 2.27. The molecule has 1 aromatic heterocycles. The molecule has 0 saturated heterocycles. The Hall–Kier alpha value is -1.13. The van der Waals surface area contributed by atoms with Gasteiger partial charge in [-0.15, -0.1) is 0 Å². The summed E-state index contributed by atoms with van der Waals surface area (Å²) in [4.78, 5) is 0. The second kappa shape index (κ2) is 6.16. The lowest BCUT2D eigenvalue weighted by Gasteiger charge is -2.16. The van der Waals surface area contributed by atoms with Gasteiger partial charge in [-0.25, -0.2) is 4.39 Å². The summed E-state index contributed by atoms with van der Waals surface area (Å²) >= 11 is 3.44. The van der Waals surface area contributed by atoms with Crippen LogP contribution in [0.25, 0.3) is 0 Å². The molecule has 0 fully saturated rings. The van der Waals surface area contributed by atoms with Crippen molar-refractivity contribution >= 4 is 15.9 Å². The highest BCUT2D eigenvalue weighted by molar-refractivity contribution is 9.10. The molecule has 0 aliphatic heterocycles. The minimum atomic E-state index is -0.178. The van der Waals surface area contributed by atoms with Crippen LogP contribution in [0.1, 0.15) is 24.3 Å². The monoisotopic (exact) mass is 311 g/mol. The van der Waals surface area contributed by atoms with Gasteiger partial charge in [0.1, 0.15) is 11.6 Å². The Labute approximate surface area is 114 Å². The van der Waals surface area contributed by atoms with E-state index in [-0.39, 0.29) is 11.9 Å². The number of halogens is 2. The first kappa shape index (κ1) is 13.3. The maximum atomic E-state index is 13.7. The van der Waals surface area contributed by atoms with Gasteiger partial charge in [0.2, 0.25) is 0 Å². The van der Waals surface area contributed by atoms with E-state index in [4.69, 9.17) is 4.42 Å². The van der Waals surface area contributed by atoms with Gasteiger partial charge < -0.3 is 9.73 Å². The molecule has 0 spiro atoms. The summed E-state index contributed by atoms with van der Waals surface area (Å²) in [7, 11) is 0. The molecular weight excluding hydrogens is 297 g/mol. The normalized spacial score (nSPS) is 12.6. The van der Waals surface area contributed by atoms with Gasteiger partial charge in [0, 0.05) is 0 Å². The Morgan fingerprint density at radius 1 is 1.33 bits per heavy atom. The van der Waals surface area contributed by atoms with Crippen LogP contribution in [0.5, 0.6) is 0 Å². The second-order valence-electron chi connectivity index (χ2n) is 4.04. The number of rotatable bonds is 5. The highest BCUT2D eigenvalue weighted by atomic mass is 79.9. The smallest absolute Gasteiger partial charge is 0.135 e. The molecule has 2 aromatic rings. The largest absolute Gasteiger partial charge is 0.466 e. The number of furan rings is 1. The van der Waals surface area contributed by atoms with Gasteiger partial charge in [0.25, 0.3) is 0 Å². The Morgan fingerprint density at radius 2 is 2.11 bits per heavy atom. The van der Waals surface area contributed by atoms with Crippen LogP contribution < -0.4 is 5.32 Å². The number of benzene rings is 1. The number of hydrogen-bond donors (Lipinski definition) is 1. The van der Waals surface area contributed by atoms with Crippen molar-refractivity contribution in [2.45, 2.75) is 19.4 Å². The molecule has 0 radical (unpaired) electrons. The van der Waals surface area contributed by atoms with Crippen LogP contribution in [0.3, 0.4) is 0 Å². The van der Waals surface area contributed by atoms with Gasteiger partial charge in [0.15, 0.2) is 0 Å². The van der Waals surface area contributed by atoms with Crippen molar-refractivity contribution in [3.8, 4) is 0 Å². The van der Waals surface area contributed by atoms with Gasteiger partial charge >= 0.3 is 0 Å². The maximum Gasteiger partial charge on any atom is 0.135 e. The number of hydrogen-bond acceptors (Lipinski definition) is 2. The van der Waals surface area contributed by atoms with E-state index in [0.717, 1.165) is 16.8 Å². The fourth-order valence-corrected chi connectivity index (χ4v) is 2.42. The molecule has 0 amide bonds. The van der Waals surface area contributed by atoms with Crippen molar-refractivity contribution in [1.29, 1.82) is 0 Å². The van der Waals surface area contributed by atoms with Crippen molar-refractivity contribution in [3.05, 3.63) is 58.2 Å². The maximum absolute atomic E-state index is 13.7. The molecule has 1 unspecified atom stereocenters. The summed E-state index contributed by atoms with van der Waals surface area (Å²) < 4.78 is 20.0. The number of nitrogens with one attached hydrogen (secondary N) is 1. The van der Waals surface area contributed by atoms with Gasteiger partial charge in [0.05, 0.1) is 16.8 Å². The predicted molar refractivity (Wildman–Crippen MR) is 72.9 cm³/mol. The summed E-state index contributed by atoms with van der Waals surface area (Å²) in [6, 6.07) is 8.64. The van der Waals surface area contributed by atoms with E-state index in [0.29, 0.717) is 12.0 Å². The molecular formula is C14H15BrFNO. The molecule has 1 N–H and O–H groups in total. The lowest BCUT2D eigenvalue weighted by Crippen LogP contribution is -2.23. The zero-order chi connectivity index (χ0) is 13.0. The third-order valence-electron chi connectivity index (χ3n) is 2.79. The predicted octanol–water partition coefficient (Wildman–Crippen LogP) is 4.07. The lowest BCUT2D eigenvalue weighted by atomic mass is 10.0. The molecule has 0 aliphatic carbocycles. The third kappa shape index (κ3) is 3.00. The van der Waals surface area contributed by atoms with E-state index in [2.05, 4.69) is 21.2 Å². The van der Waals surface area contributed by atoms with E-state index < -0.39 is 0 Å². The Morgan fingerprint density at radius 3 is 2.72 bits per heavy atom. The Balaban J connectivity index is 2.22. The van der Waals surface area contributed by atoms with E-state index in [1.54, 1.807) is 18.4 Å². The quantitative estimate of drug-likeness (QED) is 0.900. The standard InChI is InChI=1S/C14H15BrFNO/c1-2-17-13(14-11(15)7-8-18-14)9-10-5-3-4-6-12(10)16/h3-8,13,17H,2,9H2,1H3. The fraction of sp³-hybridized carbons (Fsp3) is 0.286. The van der Waals surface area contributed by atoms with Crippen LogP contribution in [0.4, 0.5) is 4.39 Å². The van der Waals surface area contributed by atoms with Crippen molar-refractivity contribution in [3.63, 3.8) is 0 Å². The van der Waals surface area contributed by atoms with Crippen LogP contribution in [0.15, 0.2) is 45.5 Å².